The number of hydrogen-bond acceptors (Lipinski definition) is 4. The van der Waals surface area contributed by atoms with E-state index < -0.39 is 0 Å². The highest BCUT2D eigenvalue weighted by Crippen LogP contribution is 2.36. The lowest BCUT2D eigenvalue weighted by molar-refractivity contribution is -0.138. The van der Waals surface area contributed by atoms with Crippen molar-refractivity contribution in [3.63, 3.8) is 0 Å². The second kappa shape index (κ2) is 9.23. The predicted molar refractivity (Wildman–Crippen MR) is 108 cm³/mol. The van der Waals surface area contributed by atoms with Crippen molar-refractivity contribution in [2.24, 2.45) is 0 Å². The number of rotatable bonds is 5. The zero-order valence-corrected chi connectivity index (χ0v) is 17.1. The fraction of sp³-hybridized carbons (Fsp3) is 0.955. The van der Waals surface area contributed by atoms with Crippen molar-refractivity contribution in [3.8, 4) is 0 Å². The van der Waals surface area contributed by atoms with Crippen LogP contribution in [0, 0.1) is 0 Å². The van der Waals surface area contributed by atoms with Crippen molar-refractivity contribution in [1.82, 2.24) is 15.1 Å². The second-order valence-electron chi connectivity index (χ2n) is 9.32. The summed E-state index contributed by atoms with van der Waals surface area (Å²) >= 11 is 0. The van der Waals surface area contributed by atoms with Crippen molar-refractivity contribution in [2.75, 3.05) is 39.3 Å². The fourth-order valence-corrected chi connectivity index (χ4v) is 5.80. The first kappa shape index (κ1) is 19.7. The summed E-state index contributed by atoms with van der Waals surface area (Å²) in [7, 11) is 0. The zero-order chi connectivity index (χ0) is 18.5. The van der Waals surface area contributed by atoms with Gasteiger partial charge in [-0.2, -0.15) is 0 Å². The number of ether oxygens (including phenoxy) is 1. The van der Waals surface area contributed by atoms with E-state index in [9.17, 15) is 4.79 Å². The van der Waals surface area contributed by atoms with Crippen LogP contribution in [0.4, 0.5) is 0 Å². The highest BCUT2D eigenvalue weighted by Gasteiger charge is 2.45. The van der Waals surface area contributed by atoms with Crippen LogP contribution in [0.2, 0.25) is 0 Å². The molecule has 4 rings (SSSR count). The van der Waals surface area contributed by atoms with Gasteiger partial charge in [0.1, 0.15) is 5.54 Å². The maximum atomic E-state index is 13.5. The molecule has 4 aliphatic rings. The second-order valence-corrected chi connectivity index (χ2v) is 9.32. The smallest absolute Gasteiger partial charge is 0.240 e. The van der Waals surface area contributed by atoms with Gasteiger partial charge >= 0.3 is 0 Å². The maximum absolute atomic E-state index is 13.5. The molecule has 1 amide bonds. The van der Waals surface area contributed by atoms with Crippen molar-refractivity contribution < 1.29 is 9.53 Å². The summed E-state index contributed by atoms with van der Waals surface area (Å²) in [6, 6.07) is 0.363. The molecule has 3 heterocycles. The quantitative estimate of drug-likeness (QED) is 0.800. The van der Waals surface area contributed by atoms with Crippen molar-refractivity contribution in [3.05, 3.63) is 0 Å². The van der Waals surface area contributed by atoms with Crippen LogP contribution < -0.4 is 5.32 Å². The van der Waals surface area contributed by atoms with Gasteiger partial charge in [-0.05, 0) is 64.5 Å². The van der Waals surface area contributed by atoms with Gasteiger partial charge in [0, 0.05) is 32.3 Å². The van der Waals surface area contributed by atoms with Gasteiger partial charge < -0.3 is 15.0 Å². The Morgan fingerprint density at radius 2 is 1.59 bits per heavy atom. The number of nitrogens with zero attached hydrogens (tertiary/aromatic N) is 2. The maximum Gasteiger partial charge on any atom is 0.240 e. The molecular formula is C22H39N3O2. The highest BCUT2D eigenvalue weighted by molar-refractivity contribution is 5.86. The Bertz CT molecular complexity index is 472. The average molecular weight is 378 g/mol. The largest absolute Gasteiger partial charge is 0.377 e. The molecule has 27 heavy (non-hydrogen) atoms. The lowest BCUT2D eigenvalue weighted by Gasteiger charge is -2.47. The van der Waals surface area contributed by atoms with Crippen LogP contribution in [-0.4, -0.2) is 72.7 Å². The molecule has 0 spiro atoms. The molecule has 0 bridgehead atoms. The first-order valence-electron chi connectivity index (χ1n) is 11.7. The molecule has 1 saturated carbocycles. The van der Waals surface area contributed by atoms with Crippen molar-refractivity contribution in [1.29, 1.82) is 0 Å². The van der Waals surface area contributed by atoms with Crippen LogP contribution in [-0.2, 0) is 9.53 Å². The molecule has 1 N–H and O–H groups in total. The summed E-state index contributed by atoms with van der Waals surface area (Å²) in [5.41, 5.74) is -0.201. The fourth-order valence-electron chi connectivity index (χ4n) is 5.80. The zero-order valence-electron chi connectivity index (χ0n) is 17.1. The van der Waals surface area contributed by atoms with E-state index in [2.05, 4.69) is 15.1 Å². The Morgan fingerprint density at radius 3 is 2.26 bits per heavy atom. The van der Waals surface area contributed by atoms with E-state index in [0.717, 1.165) is 65.0 Å². The Hall–Kier alpha value is -0.650. The standard InChI is InChI=1S/C22H39N3O2/c26-21(22(11-3-1-4-12-22)25-13-5-2-6-14-25)23-19-9-15-24(16-10-19)18-20-8-7-17-27-20/h19-20H,1-18H2,(H,23,26). The Balaban J connectivity index is 1.30. The summed E-state index contributed by atoms with van der Waals surface area (Å²) in [6.07, 6.45) is 14.8. The van der Waals surface area contributed by atoms with Crippen LogP contribution in [0.15, 0.2) is 0 Å². The van der Waals surface area contributed by atoms with Gasteiger partial charge in [0.2, 0.25) is 5.91 Å². The Morgan fingerprint density at radius 1 is 0.889 bits per heavy atom. The summed E-state index contributed by atoms with van der Waals surface area (Å²) in [5, 5.41) is 3.50. The molecule has 3 saturated heterocycles. The third-order valence-electron chi connectivity index (χ3n) is 7.47. The summed E-state index contributed by atoms with van der Waals surface area (Å²) < 4.78 is 5.79. The average Bonchev–Trinajstić information content (AvgIpc) is 3.24. The van der Waals surface area contributed by atoms with Gasteiger partial charge in [-0.25, -0.2) is 0 Å². The molecule has 0 radical (unpaired) electrons. The number of nitrogens with one attached hydrogen (secondary N) is 1. The molecular weight excluding hydrogens is 338 g/mol. The number of piperidine rings is 2. The molecule has 1 aliphatic carbocycles. The molecule has 5 nitrogen and oxygen atoms in total. The molecule has 0 aromatic carbocycles. The highest BCUT2D eigenvalue weighted by atomic mass is 16.5. The minimum atomic E-state index is -0.201. The minimum Gasteiger partial charge on any atom is -0.377 e. The number of hydrogen-bond donors (Lipinski definition) is 1. The van der Waals surface area contributed by atoms with Crippen LogP contribution in [0.25, 0.3) is 0 Å². The predicted octanol–water partition coefficient (Wildman–Crippen LogP) is 2.93. The van der Waals surface area contributed by atoms with Crippen LogP contribution in [0.1, 0.15) is 77.0 Å². The van der Waals surface area contributed by atoms with E-state index in [1.165, 1.54) is 51.4 Å². The van der Waals surface area contributed by atoms with E-state index in [-0.39, 0.29) is 5.54 Å². The molecule has 5 heteroatoms. The summed E-state index contributed by atoms with van der Waals surface area (Å²) in [5.74, 6) is 0.349. The topological polar surface area (TPSA) is 44.8 Å². The first-order chi connectivity index (χ1) is 13.3. The lowest BCUT2D eigenvalue weighted by atomic mass is 9.78. The summed E-state index contributed by atoms with van der Waals surface area (Å²) in [6.45, 7) is 6.46. The van der Waals surface area contributed by atoms with Gasteiger partial charge in [-0.1, -0.05) is 25.7 Å². The lowest BCUT2D eigenvalue weighted by Crippen LogP contribution is -2.62. The van der Waals surface area contributed by atoms with E-state index in [1.54, 1.807) is 0 Å². The van der Waals surface area contributed by atoms with Crippen LogP contribution in [0.3, 0.4) is 0 Å². The third kappa shape index (κ3) is 4.68. The number of carbonyl (C=O) groups is 1. The van der Waals surface area contributed by atoms with Crippen molar-refractivity contribution >= 4 is 5.91 Å². The SMILES string of the molecule is O=C(NC1CCN(CC2CCCO2)CC1)C1(N2CCCCC2)CCCCC1. The van der Waals surface area contributed by atoms with Gasteiger partial charge in [-0.15, -0.1) is 0 Å². The molecule has 154 valence electrons. The molecule has 0 aromatic rings. The molecule has 3 aliphatic heterocycles. The number of carbonyl (C=O) groups excluding carboxylic acids is 1. The van der Waals surface area contributed by atoms with E-state index in [1.807, 2.05) is 0 Å². The van der Waals surface area contributed by atoms with Gasteiger partial charge in [-0.3, -0.25) is 9.69 Å². The van der Waals surface area contributed by atoms with E-state index in [4.69, 9.17) is 4.74 Å². The molecule has 1 atom stereocenters. The van der Waals surface area contributed by atoms with Gasteiger partial charge in [0.15, 0.2) is 0 Å². The monoisotopic (exact) mass is 377 g/mol. The van der Waals surface area contributed by atoms with Crippen molar-refractivity contribution in [2.45, 2.75) is 94.7 Å². The molecule has 4 fully saturated rings. The molecule has 1 unspecified atom stereocenters. The number of amides is 1. The minimum absolute atomic E-state index is 0.201. The van der Waals surface area contributed by atoms with E-state index >= 15 is 0 Å². The molecule has 0 aromatic heterocycles. The first-order valence-corrected chi connectivity index (χ1v) is 11.7. The summed E-state index contributed by atoms with van der Waals surface area (Å²) in [4.78, 5) is 18.6. The Kier molecular flexibility index (Phi) is 6.72. The van der Waals surface area contributed by atoms with Crippen LogP contribution in [0.5, 0.6) is 0 Å². The number of likely N-dealkylation sites (tertiary alicyclic amines) is 2. The normalized spacial score (nSPS) is 31.0. The van der Waals surface area contributed by atoms with Gasteiger partial charge in [0.25, 0.3) is 0 Å². The third-order valence-corrected chi connectivity index (χ3v) is 7.47. The Labute approximate surface area is 165 Å². The van der Waals surface area contributed by atoms with Gasteiger partial charge in [0.05, 0.1) is 6.10 Å². The van der Waals surface area contributed by atoms with E-state index in [0.29, 0.717) is 18.1 Å². The van der Waals surface area contributed by atoms with Crippen LogP contribution >= 0.6 is 0 Å².